The predicted molar refractivity (Wildman–Crippen MR) is 111 cm³/mol. The van der Waals surface area contributed by atoms with E-state index in [9.17, 15) is 5.11 Å². The zero-order chi connectivity index (χ0) is 19.8. The smallest absolute Gasteiger partial charge is 0.105 e. The molecule has 1 N–H and O–H groups in total. The average Bonchev–Trinajstić information content (AvgIpc) is 2.65. The Morgan fingerprint density at radius 3 is 2.24 bits per heavy atom. The molecule has 0 fully saturated rings. The zero-order valence-electron chi connectivity index (χ0n) is 17.2. The van der Waals surface area contributed by atoms with Crippen LogP contribution in [0.15, 0.2) is 36.5 Å². The van der Waals surface area contributed by atoms with Gasteiger partial charge in [-0.1, -0.05) is 71.8 Å². The number of allylic oxidation sites excluding steroid dienone is 3. The Morgan fingerprint density at radius 2 is 1.84 bits per heavy atom. The molecule has 0 radical (unpaired) electrons. The van der Waals surface area contributed by atoms with Crippen molar-refractivity contribution in [1.29, 1.82) is 0 Å². The molecule has 25 heavy (non-hydrogen) atoms. The fourth-order valence-corrected chi connectivity index (χ4v) is 3.38. The maximum atomic E-state index is 9.98. The molecule has 1 rings (SSSR count). The van der Waals surface area contributed by atoms with E-state index in [-0.39, 0.29) is 6.10 Å². The number of hydrogen-bond acceptors (Lipinski definition) is 2. The second-order valence-electron chi connectivity index (χ2n) is 6.31. The Labute approximate surface area is 157 Å². The molecule has 2 nitrogen and oxygen atoms in total. The van der Waals surface area contributed by atoms with Crippen molar-refractivity contribution in [2.75, 3.05) is 7.11 Å². The van der Waals surface area contributed by atoms with E-state index in [4.69, 9.17) is 4.74 Å². The Kier molecular flexibility index (Phi) is 16.8. The van der Waals surface area contributed by atoms with Gasteiger partial charge in [-0.3, -0.25) is 0 Å². The molecule has 0 aliphatic heterocycles. The summed E-state index contributed by atoms with van der Waals surface area (Å²) in [6, 6.07) is 0. The minimum absolute atomic E-state index is 0.199. The molecule has 0 aromatic heterocycles. The van der Waals surface area contributed by atoms with Gasteiger partial charge in [0.2, 0.25) is 0 Å². The van der Waals surface area contributed by atoms with Crippen molar-refractivity contribution in [3.05, 3.63) is 36.5 Å². The lowest BCUT2D eigenvalue weighted by molar-refractivity contribution is 0.0408. The van der Waals surface area contributed by atoms with Gasteiger partial charge in [0.25, 0.3) is 0 Å². The lowest BCUT2D eigenvalue weighted by Crippen LogP contribution is -2.26. The van der Waals surface area contributed by atoms with Crippen LogP contribution in [0.25, 0.3) is 0 Å². The van der Waals surface area contributed by atoms with E-state index in [1.54, 1.807) is 7.11 Å². The van der Waals surface area contributed by atoms with Crippen molar-refractivity contribution in [1.82, 2.24) is 0 Å². The summed E-state index contributed by atoms with van der Waals surface area (Å²) in [7, 11) is 1.63. The molecule has 4 atom stereocenters. The summed E-state index contributed by atoms with van der Waals surface area (Å²) in [6.07, 6.45) is 20.0. The van der Waals surface area contributed by atoms with Crippen LogP contribution in [0.5, 0.6) is 0 Å². The third-order valence-electron chi connectivity index (χ3n) is 4.71. The fourth-order valence-electron chi connectivity index (χ4n) is 3.38. The molecule has 0 saturated heterocycles. The number of rotatable bonds is 9. The summed E-state index contributed by atoms with van der Waals surface area (Å²) >= 11 is 0. The fraction of sp³-hybridized carbons (Fsp3) is 0.652. The molecular formula is C23H40O2. The standard InChI is InChI=1S/C19H32O2.C2H6.C2H2/c1-6-16(7-2)17(8-3)12-14(4)11-15-9-10-19(21-5)18(20)13-15;2*1-2/h8-10,13-14,16-20H,3,6-7,11-12H2,1-2,4-5H3;1-2H3;1-2H. The predicted octanol–water partition coefficient (Wildman–Crippen LogP) is 5.79. The molecule has 0 heterocycles. The van der Waals surface area contributed by atoms with Crippen LogP contribution in [-0.4, -0.2) is 24.4 Å². The average molecular weight is 349 g/mol. The minimum atomic E-state index is -0.517. The molecule has 0 aromatic rings. The molecule has 0 spiro atoms. The minimum Gasteiger partial charge on any atom is -0.386 e. The Balaban J connectivity index is 0. The Hall–Kier alpha value is -1.30. The van der Waals surface area contributed by atoms with E-state index >= 15 is 0 Å². The van der Waals surface area contributed by atoms with E-state index in [1.807, 2.05) is 26.0 Å². The van der Waals surface area contributed by atoms with Gasteiger partial charge in [-0.05, 0) is 36.2 Å². The second-order valence-corrected chi connectivity index (χ2v) is 6.31. The highest BCUT2D eigenvalue weighted by molar-refractivity contribution is 5.27. The summed E-state index contributed by atoms with van der Waals surface area (Å²) in [5.74, 6) is 1.93. The Bertz CT molecular complexity index is 402. The third-order valence-corrected chi connectivity index (χ3v) is 4.71. The highest BCUT2D eigenvalue weighted by atomic mass is 16.5. The maximum Gasteiger partial charge on any atom is 0.105 e. The molecule has 1 aliphatic carbocycles. The summed E-state index contributed by atoms with van der Waals surface area (Å²) in [5.41, 5.74) is 1.22. The van der Waals surface area contributed by atoms with Gasteiger partial charge in [-0.15, -0.1) is 19.4 Å². The molecule has 144 valence electrons. The number of methoxy groups -OCH3 is 1. The first-order chi connectivity index (χ1) is 12.0. The van der Waals surface area contributed by atoms with Crippen LogP contribution in [0.1, 0.15) is 60.3 Å². The van der Waals surface area contributed by atoms with Crippen LogP contribution in [0.3, 0.4) is 0 Å². The quantitative estimate of drug-likeness (QED) is 0.422. The molecule has 0 aromatic carbocycles. The van der Waals surface area contributed by atoms with Crippen LogP contribution >= 0.6 is 0 Å². The van der Waals surface area contributed by atoms with Gasteiger partial charge in [0.15, 0.2) is 0 Å². The van der Waals surface area contributed by atoms with Crippen molar-refractivity contribution in [2.24, 2.45) is 17.8 Å². The normalized spacial score (nSPS) is 21.1. The lowest BCUT2D eigenvalue weighted by Gasteiger charge is -2.26. The molecular weight excluding hydrogens is 308 g/mol. The van der Waals surface area contributed by atoms with Gasteiger partial charge in [0, 0.05) is 7.11 Å². The zero-order valence-corrected chi connectivity index (χ0v) is 17.2. The number of aliphatic hydroxyl groups is 1. The first-order valence-electron chi connectivity index (χ1n) is 9.61. The van der Waals surface area contributed by atoms with Gasteiger partial charge in [-0.25, -0.2) is 0 Å². The van der Waals surface area contributed by atoms with Crippen molar-refractivity contribution < 1.29 is 9.84 Å². The van der Waals surface area contributed by atoms with Gasteiger partial charge in [-0.2, -0.15) is 0 Å². The highest BCUT2D eigenvalue weighted by Crippen LogP contribution is 2.30. The number of aliphatic hydroxyl groups excluding tert-OH is 1. The van der Waals surface area contributed by atoms with E-state index in [1.165, 1.54) is 24.8 Å². The lowest BCUT2D eigenvalue weighted by atomic mass is 9.80. The molecule has 4 unspecified atom stereocenters. The third kappa shape index (κ3) is 9.68. The topological polar surface area (TPSA) is 29.5 Å². The summed E-state index contributed by atoms with van der Waals surface area (Å²) in [6.45, 7) is 14.9. The van der Waals surface area contributed by atoms with E-state index in [0.717, 1.165) is 12.3 Å². The second kappa shape index (κ2) is 16.2. The van der Waals surface area contributed by atoms with Crippen LogP contribution in [0, 0.1) is 30.6 Å². The molecule has 0 amide bonds. The van der Waals surface area contributed by atoms with Crippen LogP contribution < -0.4 is 0 Å². The van der Waals surface area contributed by atoms with Gasteiger partial charge in [0.1, 0.15) is 12.2 Å². The van der Waals surface area contributed by atoms with Gasteiger partial charge in [0.05, 0.1) is 0 Å². The number of ether oxygens (including phenoxy) is 1. The SMILES string of the molecule is C#C.C=CC(CC(C)CC1=CC(O)C(OC)C=C1)C(CC)CC.CC. The first-order valence-corrected chi connectivity index (χ1v) is 9.61. The highest BCUT2D eigenvalue weighted by Gasteiger charge is 2.21. The van der Waals surface area contributed by atoms with Crippen LogP contribution in [0.2, 0.25) is 0 Å². The van der Waals surface area contributed by atoms with Crippen molar-refractivity contribution in [3.8, 4) is 12.8 Å². The van der Waals surface area contributed by atoms with Crippen LogP contribution in [-0.2, 0) is 4.74 Å². The molecule has 0 bridgehead atoms. The van der Waals surface area contributed by atoms with Crippen molar-refractivity contribution >= 4 is 0 Å². The largest absolute Gasteiger partial charge is 0.386 e. The Morgan fingerprint density at radius 1 is 1.28 bits per heavy atom. The van der Waals surface area contributed by atoms with Gasteiger partial charge >= 0.3 is 0 Å². The molecule has 2 heteroatoms. The van der Waals surface area contributed by atoms with Crippen LogP contribution in [0.4, 0.5) is 0 Å². The molecule has 1 aliphatic rings. The van der Waals surface area contributed by atoms with Crippen molar-refractivity contribution in [2.45, 2.75) is 72.5 Å². The first kappa shape index (κ1) is 25.9. The number of hydrogen-bond donors (Lipinski definition) is 1. The maximum absolute atomic E-state index is 9.98. The van der Waals surface area contributed by atoms with E-state index < -0.39 is 6.10 Å². The van der Waals surface area contributed by atoms with Crippen molar-refractivity contribution in [3.63, 3.8) is 0 Å². The summed E-state index contributed by atoms with van der Waals surface area (Å²) in [4.78, 5) is 0. The monoisotopic (exact) mass is 348 g/mol. The summed E-state index contributed by atoms with van der Waals surface area (Å²) in [5, 5.41) is 9.98. The van der Waals surface area contributed by atoms with E-state index in [2.05, 4.69) is 52.3 Å². The van der Waals surface area contributed by atoms with E-state index in [0.29, 0.717) is 11.8 Å². The summed E-state index contributed by atoms with van der Waals surface area (Å²) < 4.78 is 5.20. The van der Waals surface area contributed by atoms with Gasteiger partial charge < -0.3 is 9.84 Å². The molecule has 0 saturated carbocycles. The number of terminal acetylenes is 1.